The lowest BCUT2D eigenvalue weighted by Crippen LogP contribution is -2.44. The monoisotopic (exact) mass is 266 g/mol. The van der Waals surface area contributed by atoms with Gasteiger partial charge in [-0.3, -0.25) is 25.1 Å². The molecule has 2 amide bonds. The van der Waals surface area contributed by atoms with Crippen LogP contribution in [0.3, 0.4) is 0 Å². The van der Waals surface area contributed by atoms with Crippen molar-refractivity contribution in [2.45, 2.75) is 47.6 Å². The SMILES string of the molecule is Cc1cc(C)n(CC(=O)NNC(=O)CC(C)(C)C)n1. The molecule has 1 heterocycles. The molecule has 1 aromatic heterocycles. The van der Waals surface area contributed by atoms with Gasteiger partial charge in [-0.1, -0.05) is 20.8 Å². The molecule has 0 aliphatic rings. The van der Waals surface area contributed by atoms with Crippen molar-refractivity contribution in [2.75, 3.05) is 0 Å². The Bertz CT molecular complexity index is 471. The summed E-state index contributed by atoms with van der Waals surface area (Å²) in [6.07, 6.45) is 0.354. The second-order valence-electron chi connectivity index (χ2n) is 5.92. The summed E-state index contributed by atoms with van der Waals surface area (Å²) in [6, 6.07) is 1.89. The van der Waals surface area contributed by atoms with E-state index in [1.54, 1.807) is 4.68 Å². The van der Waals surface area contributed by atoms with Gasteiger partial charge in [0.25, 0.3) is 5.91 Å². The lowest BCUT2D eigenvalue weighted by Gasteiger charge is -2.17. The number of aryl methyl sites for hydroxylation is 2. The van der Waals surface area contributed by atoms with Crippen LogP contribution in [0.15, 0.2) is 6.07 Å². The molecule has 0 aliphatic carbocycles. The predicted octanol–water partition coefficient (Wildman–Crippen LogP) is 1.08. The third kappa shape index (κ3) is 5.54. The Kier molecular flexibility index (Phi) is 4.69. The van der Waals surface area contributed by atoms with E-state index in [1.165, 1.54) is 0 Å². The lowest BCUT2D eigenvalue weighted by molar-refractivity contribution is -0.130. The Balaban J connectivity index is 2.40. The summed E-state index contributed by atoms with van der Waals surface area (Å²) >= 11 is 0. The molecule has 6 nitrogen and oxygen atoms in total. The Morgan fingerprint density at radius 1 is 1.21 bits per heavy atom. The van der Waals surface area contributed by atoms with Gasteiger partial charge in [-0.25, -0.2) is 0 Å². The smallest absolute Gasteiger partial charge is 0.260 e. The second kappa shape index (κ2) is 5.86. The van der Waals surface area contributed by atoms with Crippen LogP contribution in [0.1, 0.15) is 38.6 Å². The van der Waals surface area contributed by atoms with Gasteiger partial charge in [-0.15, -0.1) is 0 Å². The molecule has 0 aliphatic heterocycles. The summed E-state index contributed by atoms with van der Waals surface area (Å²) in [5, 5.41) is 4.18. The molecule has 106 valence electrons. The first-order valence-electron chi connectivity index (χ1n) is 6.26. The topological polar surface area (TPSA) is 76.0 Å². The van der Waals surface area contributed by atoms with Gasteiger partial charge >= 0.3 is 0 Å². The van der Waals surface area contributed by atoms with E-state index >= 15 is 0 Å². The summed E-state index contributed by atoms with van der Waals surface area (Å²) < 4.78 is 1.60. The molecule has 0 radical (unpaired) electrons. The highest BCUT2D eigenvalue weighted by molar-refractivity contribution is 5.82. The van der Waals surface area contributed by atoms with Crippen molar-refractivity contribution >= 4 is 11.8 Å². The maximum atomic E-state index is 11.7. The van der Waals surface area contributed by atoms with E-state index in [0.717, 1.165) is 11.4 Å². The van der Waals surface area contributed by atoms with E-state index in [2.05, 4.69) is 16.0 Å². The standard InChI is InChI=1S/C13H22N4O2/c1-9-6-10(2)17(16-9)8-12(19)15-14-11(18)7-13(3,4)5/h6H,7-8H2,1-5H3,(H,14,18)(H,15,19). The van der Waals surface area contributed by atoms with E-state index in [4.69, 9.17) is 0 Å². The number of hydrazine groups is 1. The third-order valence-electron chi connectivity index (χ3n) is 2.43. The van der Waals surface area contributed by atoms with E-state index in [9.17, 15) is 9.59 Å². The van der Waals surface area contributed by atoms with Crippen LogP contribution < -0.4 is 10.9 Å². The maximum absolute atomic E-state index is 11.7. The van der Waals surface area contributed by atoms with Crippen molar-refractivity contribution in [1.29, 1.82) is 0 Å². The van der Waals surface area contributed by atoms with Gasteiger partial charge < -0.3 is 0 Å². The van der Waals surface area contributed by atoms with Crippen molar-refractivity contribution in [3.63, 3.8) is 0 Å². The zero-order chi connectivity index (χ0) is 14.6. The number of carbonyl (C=O) groups is 2. The van der Waals surface area contributed by atoms with E-state index in [1.807, 2.05) is 40.7 Å². The van der Waals surface area contributed by atoms with Gasteiger partial charge in [0, 0.05) is 12.1 Å². The number of hydrogen-bond acceptors (Lipinski definition) is 3. The van der Waals surface area contributed by atoms with Gasteiger partial charge in [-0.05, 0) is 25.3 Å². The number of nitrogens with one attached hydrogen (secondary N) is 2. The molecule has 0 aromatic carbocycles. The molecule has 0 atom stereocenters. The van der Waals surface area contributed by atoms with Gasteiger partial charge in [0.05, 0.1) is 5.69 Å². The summed E-state index contributed by atoms with van der Waals surface area (Å²) in [6.45, 7) is 9.73. The average Bonchev–Trinajstić information content (AvgIpc) is 2.52. The number of nitrogens with zero attached hydrogens (tertiary/aromatic N) is 2. The highest BCUT2D eigenvalue weighted by atomic mass is 16.2. The number of rotatable bonds is 3. The van der Waals surface area contributed by atoms with Crippen LogP contribution in [0.5, 0.6) is 0 Å². The van der Waals surface area contributed by atoms with Crippen LogP contribution in [0, 0.1) is 19.3 Å². The minimum atomic E-state index is -0.298. The van der Waals surface area contributed by atoms with Crippen LogP contribution in [-0.4, -0.2) is 21.6 Å². The Labute approximate surface area is 113 Å². The number of hydrogen-bond donors (Lipinski definition) is 2. The molecule has 0 fully saturated rings. The van der Waals surface area contributed by atoms with Crippen molar-refractivity contribution in [3.05, 3.63) is 17.5 Å². The average molecular weight is 266 g/mol. The summed E-state index contributed by atoms with van der Waals surface area (Å²) in [4.78, 5) is 23.2. The lowest BCUT2D eigenvalue weighted by atomic mass is 9.92. The molecule has 19 heavy (non-hydrogen) atoms. The fourth-order valence-electron chi connectivity index (χ4n) is 1.68. The molecule has 0 saturated carbocycles. The van der Waals surface area contributed by atoms with E-state index in [0.29, 0.717) is 6.42 Å². The van der Waals surface area contributed by atoms with Gasteiger partial charge in [-0.2, -0.15) is 5.10 Å². The second-order valence-corrected chi connectivity index (χ2v) is 5.92. The molecule has 0 unspecified atom stereocenters. The maximum Gasteiger partial charge on any atom is 0.260 e. The molecule has 2 N–H and O–H groups in total. The fraction of sp³-hybridized carbons (Fsp3) is 0.615. The van der Waals surface area contributed by atoms with Crippen molar-refractivity contribution < 1.29 is 9.59 Å². The first kappa shape index (κ1) is 15.2. The van der Waals surface area contributed by atoms with Crippen molar-refractivity contribution in [1.82, 2.24) is 20.6 Å². The van der Waals surface area contributed by atoms with Crippen LogP contribution >= 0.6 is 0 Å². The Morgan fingerprint density at radius 3 is 2.26 bits per heavy atom. The molecular weight excluding hydrogens is 244 g/mol. The van der Waals surface area contributed by atoms with Gasteiger partial charge in [0.2, 0.25) is 5.91 Å². The highest BCUT2D eigenvalue weighted by Crippen LogP contribution is 2.17. The quantitative estimate of drug-likeness (QED) is 0.804. The molecule has 0 spiro atoms. The number of carbonyl (C=O) groups excluding carboxylic acids is 2. The molecule has 1 aromatic rings. The number of aromatic nitrogens is 2. The first-order chi connectivity index (χ1) is 8.67. The molecule has 6 heteroatoms. The minimum Gasteiger partial charge on any atom is -0.273 e. The van der Waals surface area contributed by atoms with Gasteiger partial charge in [0.1, 0.15) is 6.54 Å². The number of amides is 2. The first-order valence-corrected chi connectivity index (χ1v) is 6.26. The van der Waals surface area contributed by atoms with Crippen LogP contribution in [0.2, 0.25) is 0 Å². The highest BCUT2D eigenvalue weighted by Gasteiger charge is 2.16. The molecular formula is C13H22N4O2. The van der Waals surface area contributed by atoms with Crippen molar-refractivity contribution in [3.8, 4) is 0 Å². The molecule has 0 bridgehead atoms. The molecule has 0 saturated heterocycles. The van der Waals surface area contributed by atoms with E-state index < -0.39 is 0 Å². The Morgan fingerprint density at radius 2 is 1.79 bits per heavy atom. The summed E-state index contributed by atoms with van der Waals surface area (Å²) in [5.41, 5.74) is 6.46. The molecule has 1 rings (SSSR count). The zero-order valence-corrected chi connectivity index (χ0v) is 12.2. The van der Waals surface area contributed by atoms with E-state index in [-0.39, 0.29) is 23.8 Å². The van der Waals surface area contributed by atoms with Gasteiger partial charge in [0.15, 0.2) is 0 Å². The predicted molar refractivity (Wildman–Crippen MR) is 72.1 cm³/mol. The largest absolute Gasteiger partial charge is 0.273 e. The summed E-state index contributed by atoms with van der Waals surface area (Å²) in [7, 11) is 0. The fourth-order valence-corrected chi connectivity index (χ4v) is 1.68. The van der Waals surface area contributed by atoms with Crippen LogP contribution in [-0.2, 0) is 16.1 Å². The normalized spacial score (nSPS) is 11.2. The van der Waals surface area contributed by atoms with Crippen LogP contribution in [0.25, 0.3) is 0 Å². The summed E-state index contributed by atoms with van der Waals surface area (Å²) in [5.74, 6) is -0.498. The van der Waals surface area contributed by atoms with Crippen molar-refractivity contribution in [2.24, 2.45) is 5.41 Å². The van der Waals surface area contributed by atoms with Crippen LogP contribution in [0.4, 0.5) is 0 Å². The minimum absolute atomic E-state index is 0.0927. The zero-order valence-electron chi connectivity index (χ0n) is 12.2. The Hall–Kier alpha value is -1.85. The third-order valence-corrected chi connectivity index (χ3v) is 2.43.